The van der Waals surface area contributed by atoms with Crippen molar-refractivity contribution >= 4 is 17.5 Å². The molecule has 29 heavy (non-hydrogen) atoms. The maximum Gasteiger partial charge on any atom is 0.519 e. The summed E-state index contributed by atoms with van der Waals surface area (Å²) in [4.78, 5) is 28.5. The average molecular weight is 391 g/mol. The molecule has 2 heterocycles. The molecule has 1 aromatic heterocycles. The van der Waals surface area contributed by atoms with Crippen molar-refractivity contribution < 1.29 is 19.2 Å². The van der Waals surface area contributed by atoms with Crippen LogP contribution in [0.15, 0.2) is 67.0 Å². The van der Waals surface area contributed by atoms with E-state index < -0.39 is 11.1 Å². The number of benzene rings is 2. The predicted molar refractivity (Wildman–Crippen MR) is 105 cm³/mol. The van der Waals surface area contributed by atoms with E-state index in [1.165, 1.54) is 29.8 Å². The highest BCUT2D eigenvalue weighted by atomic mass is 16.7. The molecule has 0 aliphatic carbocycles. The molecule has 2 aromatic carbocycles. The molecule has 4 rings (SSSR count). The molecular formula is C21H17N3O5. The Morgan fingerprint density at radius 2 is 1.72 bits per heavy atom. The lowest BCUT2D eigenvalue weighted by Crippen LogP contribution is -2.19. The van der Waals surface area contributed by atoms with E-state index in [-0.39, 0.29) is 11.4 Å². The van der Waals surface area contributed by atoms with E-state index in [1.54, 1.807) is 18.5 Å². The van der Waals surface area contributed by atoms with Gasteiger partial charge in [-0.15, -0.1) is 0 Å². The summed E-state index contributed by atoms with van der Waals surface area (Å²) in [6.45, 7) is 1.67. The van der Waals surface area contributed by atoms with Crippen molar-refractivity contribution in [2.24, 2.45) is 0 Å². The van der Waals surface area contributed by atoms with Crippen LogP contribution in [-0.4, -0.2) is 22.6 Å². The van der Waals surface area contributed by atoms with Crippen LogP contribution in [-0.2, 0) is 13.0 Å². The third kappa shape index (κ3) is 4.32. The number of nitro groups is 1. The molecule has 1 aliphatic rings. The Morgan fingerprint density at radius 3 is 2.45 bits per heavy atom. The smallest absolute Gasteiger partial charge is 0.395 e. The lowest BCUT2D eigenvalue weighted by molar-refractivity contribution is -0.384. The first kappa shape index (κ1) is 18.4. The fourth-order valence-electron chi connectivity index (χ4n) is 3.23. The number of anilines is 1. The van der Waals surface area contributed by atoms with Gasteiger partial charge in [0.2, 0.25) is 0 Å². The standard InChI is InChI=1S/C21H17N3O5/c25-21(28-18-3-1-17(2-4-18)24(26)27)29-19-5-6-20-16(13-19)9-12-23(20)14-15-7-10-22-11-8-15/h1-8,10-11,13H,9,12,14H2. The van der Waals surface area contributed by atoms with Gasteiger partial charge in [-0.2, -0.15) is 0 Å². The monoisotopic (exact) mass is 391 g/mol. The summed E-state index contributed by atoms with van der Waals surface area (Å²) in [5.74, 6) is 0.562. The van der Waals surface area contributed by atoms with Gasteiger partial charge in [0.25, 0.3) is 5.69 Å². The van der Waals surface area contributed by atoms with Crippen molar-refractivity contribution in [3.05, 3.63) is 88.2 Å². The van der Waals surface area contributed by atoms with Gasteiger partial charge >= 0.3 is 6.16 Å². The Hall–Kier alpha value is -3.94. The van der Waals surface area contributed by atoms with E-state index >= 15 is 0 Å². The predicted octanol–water partition coefficient (Wildman–Crippen LogP) is 4.13. The summed E-state index contributed by atoms with van der Waals surface area (Å²) < 4.78 is 10.3. The molecule has 0 saturated heterocycles. The highest BCUT2D eigenvalue weighted by molar-refractivity contribution is 5.69. The molecular weight excluding hydrogens is 374 g/mol. The van der Waals surface area contributed by atoms with Crippen molar-refractivity contribution in [3.63, 3.8) is 0 Å². The summed E-state index contributed by atoms with van der Waals surface area (Å²) in [5.41, 5.74) is 3.30. The van der Waals surface area contributed by atoms with Gasteiger partial charge in [0.15, 0.2) is 0 Å². The molecule has 0 atom stereocenters. The Kier molecular flexibility index (Phi) is 5.07. The summed E-state index contributed by atoms with van der Waals surface area (Å²) in [6.07, 6.45) is 3.51. The van der Waals surface area contributed by atoms with Crippen LogP contribution in [0.2, 0.25) is 0 Å². The number of non-ortho nitro benzene ring substituents is 1. The Balaban J connectivity index is 1.39. The first-order chi connectivity index (χ1) is 14.1. The molecule has 0 spiro atoms. The Labute approximate surface area is 166 Å². The van der Waals surface area contributed by atoms with Crippen molar-refractivity contribution in [3.8, 4) is 11.5 Å². The van der Waals surface area contributed by atoms with Crippen molar-refractivity contribution in [1.82, 2.24) is 4.98 Å². The first-order valence-corrected chi connectivity index (χ1v) is 8.99. The molecule has 0 bridgehead atoms. The number of rotatable bonds is 5. The second-order valence-electron chi connectivity index (χ2n) is 6.52. The van der Waals surface area contributed by atoms with Crippen LogP contribution in [0.4, 0.5) is 16.2 Å². The number of fused-ring (bicyclic) bond motifs is 1. The van der Waals surface area contributed by atoms with Crippen molar-refractivity contribution in [2.45, 2.75) is 13.0 Å². The summed E-state index contributed by atoms with van der Waals surface area (Å²) in [5, 5.41) is 10.7. The average Bonchev–Trinajstić information content (AvgIpc) is 3.11. The van der Waals surface area contributed by atoms with Crippen LogP contribution < -0.4 is 14.4 Å². The number of hydrogen-bond acceptors (Lipinski definition) is 7. The highest BCUT2D eigenvalue weighted by Gasteiger charge is 2.20. The van der Waals surface area contributed by atoms with E-state index in [4.69, 9.17) is 9.47 Å². The molecule has 8 nitrogen and oxygen atoms in total. The van der Waals surface area contributed by atoms with E-state index in [1.807, 2.05) is 24.3 Å². The lowest BCUT2D eigenvalue weighted by Gasteiger charge is -2.19. The molecule has 0 N–H and O–H groups in total. The summed E-state index contributed by atoms with van der Waals surface area (Å²) in [6, 6.07) is 14.7. The number of aromatic nitrogens is 1. The van der Waals surface area contributed by atoms with Gasteiger partial charge in [-0.3, -0.25) is 15.1 Å². The molecule has 0 saturated carbocycles. The number of nitrogens with zero attached hydrogens (tertiary/aromatic N) is 3. The minimum absolute atomic E-state index is 0.0827. The zero-order chi connectivity index (χ0) is 20.2. The molecule has 1 aliphatic heterocycles. The zero-order valence-corrected chi connectivity index (χ0v) is 15.4. The van der Waals surface area contributed by atoms with Crippen LogP contribution in [0.1, 0.15) is 11.1 Å². The number of carbonyl (C=O) groups is 1. The number of hydrogen-bond donors (Lipinski definition) is 0. The molecule has 0 radical (unpaired) electrons. The molecule has 0 fully saturated rings. The normalized spacial score (nSPS) is 12.3. The fraction of sp³-hybridized carbons (Fsp3) is 0.143. The fourth-order valence-corrected chi connectivity index (χ4v) is 3.23. The minimum atomic E-state index is -0.898. The largest absolute Gasteiger partial charge is 0.519 e. The van der Waals surface area contributed by atoms with Crippen LogP contribution in [0.3, 0.4) is 0 Å². The van der Waals surface area contributed by atoms with Crippen LogP contribution in [0, 0.1) is 10.1 Å². The third-order valence-electron chi connectivity index (χ3n) is 4.62. The first-order valence-electron chi connectivity index (χ1n) is 8.99. The summed E-state index contributed by atoms with van der Waals surface area (Å²) >= 11 is 0. The van der Waals surface area contributed by atoms with Gasteiger partial charge in [0, 0.05) is 43.3 Å². The summed E-state index contributed by atoms with van der Waals surface area (Å²) in [7, 11) is 0. The Bertz CT molecular complexity index is 1040. The van der Waals surface area contributed by atoms with Gasteiger partial charge in [-0.25, -0.2) is 4.79 Å². The maximum absolute atomic E-state index is 12.0. The van der Waals surface area contributed by atoms with Crippen LogP contribution >= 0.6 is 0 Å². The van der Waals surface area contributed by atoms with Crippen LogP contribution in [0.25, 0.3) is 0 Å². The van der Waals surface area contributed by atoms with E-state index in [0.717, 1.165) is 30.8 Å². The molecule has 8 heteroatoms. The number of pyridine rings is 1. The quantitative estimate of drug-likeness (QED) is 0.279. The molecule has 0 unspecified atom stereocenters. The van der Waals surface area contributed by atoms with Gasteiger partial charge in [0.1, 0.15) is 11.5 Å². The Morgan fingerprint density at radius 1 is 1.03 bits per heavy atom. The van der Waals surface area contributed by atoms with Crippen molar-refractivity contribution in [2.75, 3.05) is 11.4 Å². The SMILES string of the molecule is O=C(Oc1ccc([N+](=O)[O-])cc1)Oc1ccc2c(c1)CCN2Cc1ccncc1. The van der Waals surface area contributed by atoms with Crippen LogP contribution in [0.5, 0.6) is 11.5 Å². The van der Waals surface area contributed by atoms with Gasteiger partial charge < -0.3 is 14.4 Å². The number of carbonyl (C=O) groups excluding carboxylic acids is 1. The second kappa shape index (κ2) is 7.97. The van der Waals surface area contributed by atoms with Gasteiger partial charge in [0.05, 0.1) is 4.92 Å². The van der Waals surface area contributed by atoms with E-state index in [2.05, 4.69) is 9.88 Å². The van der Waals surface area contributed by atoms with E-state index in [0.29, 0.717) is 5.75 Å². The number of nitro benzene ring substituents is 1. The highest BCUT2D eigenvalue weighted by Crippen LogP contribution is 2.32. The maximum atomic E-state index is 12.0. The zero-order valence-electron chi connectivity index (χ0n) is 15.4. The van der Waals surface area contributed by atoms with Gasteiger partial charge in [-0.05, 0) is 60.0 Å². The minimum Gasteiger partial charge on any atom is -0.395 e. The van der Waals surface area contributed by atoms with Gasteiger partial charge in [-0.1, -0.05) is 0 Å². The molecule has 3 aromatic rings. The van der Waals surface area contributed by atoms with Crippen molar-refractivity contribution in [1.29, 1.82) is 0 Å². The third-order valence-corrected chi connectivity index (χ3v) is 4.62. The molecule has 146 valence electrons. The number of ether oxygens (including phenoxy) is 2. The topological polar surface area (TPSA) is 94.8 Å². The molecule has 0 amide bonds. The lowest BCUT2D eigenvalue weighted by atomic mass is 10.1. The van der Waals surface area contributed by atoms with E-state index in [9.17, 15) is 14.9 Å². The second-order valence-corrected chi connectivity index (χ2v) is 6.52.